The number of aryl methyl sites for hydroxylation is 1. The van der Waals surface area contributed by atoms with Crippen LogP contribution in [-0.2, 0) is 16.6 Å². The van der Waals surface area contributed by atoms with E-state index in [0.29, 0.717) is 13.2 Å². The Hall–Kier alpha value is -1.40. The summed E-state index contributed by atoms with van der Waals surface area (Å²) in [5.41, 5.74) is 1.04. The fraction of sp³-hybridized carbons (Fsp3) is 0.750. The summed E-state index contributed by atoms with van der Waals surface area (Å²) in [4.78, 5) is 14.6. The van der Waals surface area contributed by atoms with Gasteiger partial charge in [0.05, 0.1) is 18.8 Å². The maximum atomic E-state index is 12.3. The summed E-state index contributed by atoms with van der Waals surface area (Å²) < 4.78 is 7.56. The third-order valence-corrected chi connectivity index (χ3v) is 4.73. The van der Waals surface area contributed by atoms with E-state index < -0.39 is 0 Å². The third kappa shape index (κ3) is 3.67. The minimum Gasteiger partial charge on any atom is -0.371 e. The average molecular weight is 306 g/mol. The van der Waals surface area contributed by atoms with Crippen LogP contribution in [0.3, 0.4) is 0 Å². The lowest BCUT2D eigenvalue weighted by atomic mass is 9.99. The van der Waals surface area contributed by atoms with E-state index in [9.17, 15) is 4.79 Å². The molecule has 1 N–H and O–H groups in total. The molecule has 2 fully saturated rings. The van der Waals surface area contributed by atoms with Crippen LogP contribution in [-0.4, -0.2) is 52.9 Å². The second-order valence-corrected chi connectivity index (χ2v) is 6.66. The molecule has 1 aromatic heterocycles. The number of carbonyl (C=O) groups excluding carboxylic acids is 1. The number of hydrogen-bond acceptors (Lipinski definition) is 4. The van der Waals surface area contributed by atoms with E-state index in [0.717, 1.165) is 31.0 Å². The van der Waals surface area contributed by atoms with Crippen LogP contribution in [0.4, 0.5) is 0 Å². The quantitative estimate of drug-likeness (QED) is 0.905. The molecule has 6 heteroatoms. The smallest absolute Gasteiger partial charge is 0.234 e. The summed E-state index contributed by atoms with van der Waals surface area (Å²) in [7, 11) is 1.89. The van der Waals surface area contributed by atoms with E-state index in [2.05, 4.69) is 22.2 Å². The summed E-state index contributed by atoms with van der Waals surface area (Å²) >= 11 is 0. The van der Waals surface area contributed by atoms with Crippen LogP contribution in [0.2, 0.25) is 0 Å². The van der Waals surface area contributed by atoms with Crippen molar-refractivity contribution in [3.8, 4) is 0 Å². The van der Waals surface area contributed by atoms with Crippen LogP contribution < -0.4 is 5.32 Å². The molecule has 0 bridgehead atoms. The highest BCUT2D eigenvalue weighted by atomic mass is 16.5. The molecule has 0 radical (unpaired) electrons. The van der Waals surface area contributed by atoms with E-state index >= 15 is 0 Å². The van der Waals surface area contributed by atoms with Gasteiger partial charge in [-0.05, 0) is 38.3 Å². The molecular weight excluding hydrogens is 280 g/mol. The molecule has 122 valence electrons. The standard InChI is InChI=1S/C16H26N4O2/c1-12-3-6-20(7-4-12)11-15(21)18-14-5-8-22-16(14)13-9-17-19(2)10-13/h9-10,12,14,16H,3-8,11H2,1-2H3,(H,18,21)/t14-,16+/m0/s1. The van der Waals surface area contributed by atoms with E-state index in [-0.39, 0.29) is 18.1 Å². The van der Waals surface area contributed by atoms with Crippen molar-refractivity contribution in [3.63, 3.8) is 0 Å². The molecule has 1 amide bonds. The molecule has 2 saturated heterocycles. The largest absolute Gasteiger partial charge is 0.371 e. The van der Waals surface area contributed by atoms with Gasteiger partial charge < -0.3 is 10.1 Å². The second-order valence-electron chi connectivity index (χ2n) is 6.66. The van der Waals surface area contributed by atoms with Gasteiger partial charge in [0.1, 0.15) is 6.10 Å². The number of likely N-dealkylation sites (tertiary alicyclic amines) is 1. The van der Waals surface area contributed by atoms with Crippen LogP contribution in [0.15, 0.2) is 12.4 Å². The molecule has 0 aromatic carbocycles. The Morgan fingerprint density at radius 3 is 2.86 bits per heavy atom. The van der Waals surface area contributed by atoms with Crippen molar-refractivity contribution in [3.05, 3.63) is 18.0 Å². The first-order valence-electron chi connectivity index (χ1n) is 8.23. The predicted octanol–water partition coefficient (Wildman–Crippen LogP) is 1.10. The molecule has 0 unspecified atom stereocenters. The third-order valence-electron chi connectivity index (χ3n) is 4.73. The normalized spacial score (nSPS) is 27.2. The lowest BCUT2D eigenvalue weighted by Gasteiger charge is -2.30. The molecular formula is C16H26N4O2. The van der Waals surface area contributed by atoms with Gasteiger partial charge in [0.25, 0.3) is 0 Å². The lowest BCUT2D eigenvalue weighted by Crippen LogP contribution is -2.45. The Morgan fingerprint density at radius 2 is 2.18 bits per heavy atom. The zero-order valence-electron chi connectivity index (χ0n) is 13.5. The van der Waals surface area contributed by atoms with Gasteiger partial charge in [0.15, 0.2) is 0 Å². The number of nitrogens with zero attached hydrogens (tertiary/aromatic N) is 3. The van der Waals surface area contributed by atoms with E-state index in [1.165, 1.54) is 12.8 Å². The van der Waals surface area contributed by atoms with Crippen molar-refractivity contribution in [2.45, 2.75) is 38.3 Å². The number of amides is 1. The number of nitrogens with one attached hydrogen (secondary N) is 1. The SMILES string of the molecule is CC1CCN(CC(=O)N[C@H]2CCO[C@@H]2c2cnn(C)c2)CC1. The Kier molecular flexibility index (Phi) is 4.78. The second kappa shape index (κ2) is 6.79. The van der Waals surface area contributed by atoms with Crippen molar-refractivity contribution in [1.29, 1.82) is 0 Å². The van der Waals surface area contributed by atoms with Crippen LogP contribution >= 0.6 is 0 Å². The Bertz CT molecular complexity index is 508. The van der Waals surface area contributed by atoms with E-state index in [4.69, 9.17) is 4.74 Å². The van der Waals surface area contributed by atoms with Gasteiger partial charge in [0.2, 0.25) is 5.91 Å². The van der Waals surface area contributed by atoms with Crippen LogP contribution in [0, 0.1) is 5.92 Å². The molecule has 2 aliphatic heterocycles. The molecule has 22 heavy (non-hydrogen) atoms. The minimum atomic E-state index is -0.0703. The molecule has 1 aromatic rings. The van der Waals surface area contributed by atoms with Gasteiger partial charge in [-0.25, -0.2) is 0 Å². The van der Waals surface area contributed by atoms with Crippen LogP contribution in [0.5, 0.6) is 0 Å². The minimum absolute atomic E-state index is 0.0559. The summed E-state index contributed by atoms with van der Waals surface area (Å²) in [6.45, 7) is 5.53. The summed E-state index contributed by atoms with van der Waals surface area (Å²) in [6.07, 6.45) is 6.96. The first-order chi connectivity index (χ1) is 10.6. The van der Waals surface area contributed by atoms with Gasteiger partial charge in [-0.15, -0.1) is 0 Å². The lowest BCUT2D eigenvalue weighted by molar-refractivity contribution is -0.123. The zero-order chi connectivity index (χ0) is 15.5. The molecule has 3 rings (SSSR count). The molecule has 3 heterocycles. The molecule has 0 aliphatic carbocycles. The van der Waals surface area contributed by atoms with Crippen molar-refractivity contribution in [2.75, 3.05) is 26.2 Å². The fourth-order valence-corrected chi connectivity index (χ4v) is 3.33. The summed E-state index contributed by atoms with van der Waals surface area (Å²) in [5, 5.41) is 7.34. The molecule has 2 aliphatic rings. The van der Waals surface area contributed by atoms with Crippen LogP contribution in [0.1, 0.15) is 37.9 Å². The van der Waals surface area contributed by atoms with Gasteiger partial charge in [-0.1, -0.05) is 6.92 Å². The highest BCUT2D eigenvalue weighted by Gasteiger charge is 2.32. The molecule has 6 nitrogen and oxygen atoms in total. The first-order valence-corrected chi connectivity index (χ1v) is 8.23. The number of rotatable bonds is 4. The van der Waals surface area contributed by atoms with Crippen molar-refractivity contribution in [2.24, 2.45) is 13.0 Å². The monoisotopic (exact) mass is 306 g/mol. The van der Waals surface area contributed by atoms with Gasteiger partial charge >= 0.3 is 0 Å². The molecule has 0 saturated carbocycles. The zero-order valence-corrected chi connectivity index (χ0v) is 13.5. The topological polar surface area (TPSA) is 59.4 Å². The number of aromatic nitrogens is 2. The van der Waals surface area contributed by atoms with Gasteiger partial charge in [-0.3, -0.25) is 14.4 Å². The fourth-order valence-electron chi connectivity index (χ4n) is 3.33. The number of hydrogen-bond donors (Lipinski definition) is 1. The Labute approximate surface area is 131 Å². The van der Waals surface area contributed by atoms with Gasteiger partial charge in [0, 0.05) is 25.4 Å². The van der Waals surface area contributed by atoms with Crippen molar-refractivity contribution >= 4 is 5.91 Å². The Morgan fingerprint density at radius 1 is 1.41 bits per heavy atom. The summed E-state index contributed by atoms with van der Waals surface area (Å²) in [6, 6.07) is 0.0559. The molecule has 2 atom stereocenters. The predicted molar refractivity (Wildman–Crippen MR) is 83.3 cm³/mol. The number of ether oxygens (including phenoxy) is 1. The number of carbonyl (C=O) groups is 1. The first kappa shape index (κ1) is 15.5. The Balaban J connectivity index is 1.52. The maximum absolute atomic E-state index is 12.3. The summed E-state index contributed by atoms with van der Waals surface area (Å²) in [5.74, 6) is 0.899. The van der Waals surface area contributed by atoms with E-state index in [1.807, 2.05) is 19.4 Å². The van der Waals surface area contributed by atoms with Crippen molar-refractivity contribution < 1.29 is 9.53 Å². The highest BCUT2D eigenvalue weighted by molar-refractivity contribution is 5.78. The van der Waals surface area contributed by atoms with Gasteiger partial charge in [-0.2, -0.15) is 5.10 Å². The van der Waals surface area contributed by atoms with E-state index in [1.54, 1.807) is 4.68 Å². The van der Waals surface area contributed by atoms with Crippen LogP contribution in [0.25, 0.3) is 0 Å². The maximum Gasteiger partial charge on any atom is 0.234 e. The molecule has 0 spiro atoms. The highest BCUT2D eigenvalue weighted by Crippen LogP contribution is 2.28. The average Bonchev–Trinajstić information content (AvgIpc) is 3.10. The number of piperidine rings is 1. The van der Waals surface area contributed by atoms with Crippen molar-refractivity contribution in [1.82, 2.24) is 20.0 Å².